The van der Waals surface area contributed by atoms with Crippen molar-refractivity contribution >= 4 is 27.6 Å². The number of carbonyl (C=O) groups is 1. The molecule has 30 heavy (non-hydrogen) atoms. The number of hydrogen-bond donors (Lipinski definition) is 0. The van der Waals surface area contributed by atoms with Crippen LogP contribution in [0.5, 0.6) is 0 Å². The second-order valence-electron chi connectivity index (χ2n) is 8.54. The van der Waals surface area contributed by atoms with Gasteiger partial charge >= 0.3 is 5.97 Å². The van der Waals surface area contributed by atoms with E-state index < -0.39 is 5.60 Å². The molecular formula is C27H27NO2. The minimum absolute atomic E-state index is 0.180. The van der Waals surface area contributed by atoms with Crippen LogP contribution in [-0.2, 0) is 16.1 Å². The molecule has 1 aromatic heterocycles. The van der Waals surface area contributed by atoms with Gasteiger partial charge in [0.15, 0.2) is 0 Å². The number of ether oxygens (including phenoxy) is 1. The van der Waals surface area contributed by atoms with E-state index in [9.17, 15) is 4.79 Å². The van der Waals surface area contributed by atoms with E-state index in [1.54, 1.807) is 0 Å². The summed E-state index contributed by atoms with van der Waals surface area (Å²) in [5, 5.41) is 3.76. The third-order valence-corrected chi connectivity index (χ3v) is 6.45. The van der Waals surface area contributed by atoms with Crippen molar-refractivity contribution in [3.63, 3.8) is 0 Å². The molecule has 4 aromatic rings. The van der Waals surface area contributed by atoms with Crippen molar-refractivity contribution in [2.24, 2.45) is 0 Å². The van der Waals surface area contributed by atoms with Gasteiger partial charge in [-0.15, -0.1) is 0 Å². The van der Waals surface area contributed by atoms with Gasteiger partial charge in [-0.3, -0.25) is 4.79 Å². The van der Waals surface area contributed by atoms with E-state index in [1.807, 2.05) is 6.07 Å². The lowest BCUT2D eigenvalue weighted by Gasteiger charge is -2.37. The molecule has 0 atom stereocenters. The first-order valence-electron chi connectivity index (χ1n) is 10.9. The number of esters is 1. The van der Waals surface area contributed by atoms with Crippen LogP contribution in [0.25, 0.3) is 32.9 Å². The third-order valence-electron chi connectivity index (χ3n) is 6.45. The molecule has 1 aliphatic carbocycles. The zero-order valence-electron chi connectivity index (χ0n) is 17.4. The minimum Gasteiger partial charge on any atom is -0.457 e. The van der Waals surface area contributed by atoms with Gasteiger partial charge in [-0.25, -0.2) is 0 Å². The van der Waals surface area contributed by atoms with Crippen LogP contribution < -0.4 is 0 Å². The Morgan fingerprint density at radius 2 is 1.63 bits per heavy atom. The fourth-order valence-electron chi connectivity index (χ4n) is 5.12. The fourth-order valence-corrected chi connectivity index (χ4v) is 5.12. The smallest absolute Gasteiger partial charge is 0.303 e. The van der Waals surface area contributed by atoms with Crippen molar-refractivity contribution in [1.29, 1.82) is 0 Å². The van der Waals surface area contributed by atoms with Gasteiger partial charge in [0.1, 0.15) is 5.60 Å². The molecule has 0 spiro atoms. The molecule has 3 heteroatoms. The number of rotatable bonds is 4. The van der Waals surface area contributed by atoms with Gasteiger partial charge in [0.05, 0.1) is 6.54 Å². The molecule has 0 unspecified atom stereocenters. The average Bonchev–Trinajstić information content (AvgIpc) is 3.13. The zero-order chi connectivity index (χ0) is 20.6. The summed E-state index contributed by atoms with van der Waals surface area (Å²) < 4.78 is 8.40. The summed E-state index contributed by atoms with van der Waals surface area (Å²) >= 11 is 0. The maximum absolute atomic E-state index is 12.0. The first kappa shape index (κ1) is 18.9. The Labute approximate surface area is 177 Å². The molecular weight excluding hydrogens is 370 g/mol. The topological polar surface area (TPSA) is 31.2 Å². The van der Waals surface area contributed by atoms with Crippen LogP contribution in [0.4, 0.5) is 0 Å². The van der Waals surface area contributed by atoms with Crippen LogP contribution in [0.15, 0.2) is 72.8 Å². The van der Waals surface area contributed by atoms with Crippen LogP contribution >= 0.6 is 0 Å². The maximum atomic E-state index is 12.0. The first-order chi connectivity index (χ1) is 14.7. The molecule has 1 fully saturated rings. The largest absolute Gasteiger partial charge is 0.457 e. The van der Waals surface area contributed by atoms with Crippen LogP contribution in [0, 0.1) is 0 Å². The summed E-state index contributed by atoms with van der Waals surface area (Å²) in [6, 6.07) is 25.8. The van der Waals surface area contributed by atoms with Crippen molar-refractivity contribution in [3.8, 4) is 11.3 Å². The van der Waals surface area contributed by atoms with E-state index in [2.05, 4.69) is 71.3 Å². The van der Waals surface area contributed by atoms with Crippen LogP contribution in [0.3, 0.4) is 0 Å². The Morgan fingerprint density at radius 1 is 0.900 bits per heavy atom. The van der Waals surface area contributed by atoms with E-state index in [0.29, 0.717) is 6.54 Å². The van der Waals surface area contributed by atoms with E-state index >= 15 is 0 Å². The van der Waals surface area contributed by atoms with E-state index in [4.69, 9.17) is 4.74 Å². The minimum atomic E-state index is -0.425. The summed E-state index contributed by atoms with van der Waals surface area (Å²) in [7, 11) is 0. The van der Waals surface area contributed by atoms with Gasteiger partial charge in [0.25, 0.3) is 0 Å². The van der Waals surface area contributed by atoms with Crippen molar-refractivity contribution in [1.82, 2.24) is 4.57 Å². The highest BCUT2D eigenvalue weighted by Gasteiger charge is 2.36. The highest BCUT2D eigenvalue weighted by molar-refractivity contribution is 6.08. The van der Waals surface area contributed by atoms with Crippen molar-refractivity contribution in [3.05, 3.63) is 72.8 Å². The molecule has 0 radical (unpaired) electrons. The normalized spacial score (nSPS) is 16.0. The summed E-state index contributed by atoms with van der Waals surface area (Å²) in [6.45, 7) is 2.23. The Bertz CT molecular complexity index is 1200. The van der Waals surface area contributed by atoms with Crippen molar-refractivity contribution in [2.45, 2.75) is 51.2 Å². The lowest BCUT2D eigenvalue weighted by Crippen LogP contribution is -2.41. The number of carbonyl (C=O) groups excluding carboxylic acids is 1. The third kappa shape index (κ3) is 3.39. The molecule has 5 rings (SSSR count). The molecule has 152 valence electrons. The average molecular weight is 398 g/mol. The van der Waals surface area contributed by atoms with Crippen LogP contribution in [0.1, 0.15) is 39.0 Å². The molecule has 3 aromatic carbocycles. The van der Waals surface area contributed by atoms with Gasteiger partial charge in [-0.05, 0) is 54.2 Å². The molecule has 1 saturated carbocycles. The van der Waals surface area contributed by atoms with Gasteiger partial charge in [-0.2, -0.15) is 0 Å². The number of fused-ring (bicyclic) bond motifs is 3. The summed E-state index contributed by atoms with van der Waals surface area (Å²) in [6.07, 6.45) is 5.28. The van der Waals surface area contributed by atoms with Gasteiger partial charge in [0, 0.05) is 23.5 Å². The first-order valence-corrected chi connectivity index (χ1v) is 10.9. The van der Waals surface area contributed by atoms with Gasteiger partial charge < -0.3 is 9.30 Å². The predicted molar refractivity (Wildman–Crippen MR) is 122 cm³/mol. The lowest BCUT2D eigenvalue weighted by molar-refractivity contribution is -0.162. The summed E-state index contributed by atoms with van der Waals surface area (Å²) in [5.41, 5.74) is 3.14. The monoisotopic (exact) mass is 397 g/mol. The summed E-state index contributed by atoms with van der Waals surface area (Å²) in [5.74, 6) is -0.180. The number of aromatic nitrogens is 1. The summed E-state index contributed by atoms with van der Waals surface area (Å²) in [4.78, 5) is 12.0. The number of benzene rings is 3. The molecule has 1 heterocycles. The second kappa shape index (κ2) is 7.64. The maximum Gasteiger partial charge on any atom is 0.303 e. The Hall–Kier alpha value is -3.07. The number of hydrogen-bond acceptors (Lipinski definition) is 2. The van der Waals surface area contributed by atoms with E-state index in [0.717, 1.165) is 25.7 Å². The van der Waals surface area contributed by atoms with Gasteiger partial charge in [-0.1, -0.05) is 67.1 Å². The Morgan fingerprint density at radius 3 is 2.40 bits per heavy atom. The Kier molecular flexibility index (Phi) is 4.82. The molecule has 0 saturated heterocycles. The Balaban J connectivity index is 1.72. The fraction of sp³-hybridized carbons (Fsp3) is 0.296. The van der Waals surface area contributed by atoms with E-state index in [1.165, 1.54) is 46.3 Å². The van der Waals surface area contributed by atoms with Crippen molar-refractivity contribution < 1.29 is 9.53 Å². The molecule has 1 aliphatic rings. The molecule has 0 aliphatic heterocycles. The quantitative estimate of drug-likeness (QED) is 0.358. The SMILES string of the molecule is CC(=O)OC1(Cn2c(-c3ccccc3)cc3c4ccccc4ccc32)CCCCC1. The molecule has 0 bridgehead atoms. The highest BCUT2D eigenvalue weighted by atomic mass is 16.6. The van der Waals surface area contributed by atoms with Gasteiger partial charge in [0.2, 0.25) is 0 Å². The molecule has 0 N–H and O–H groups in total. The highest BCUT2D eigenvalue weighted by Crippen LogP contribution is 2.38. The predicted octanol–water partition coefficient (Wildman–Crippen LogP) is 6.73. The zero-order valence-corrected chi connectivity index (χ0v) is 17.4. The number of nitrogens with zero attached hydrogens (tertiary/aromatic N) is 1. The van der Waals surface area contributed by atoms with Crippen LogP contribution in [-0.4, -0.2) is 16.1 Å². The van der Waals surface area contributed by atoms with Crippen molar-refractivity contribution in [2.75, 3.05) is 0 Å². The molecule has 3 nitrogen and oxygen atoms in total. The van der Waals surface area contributed by atoms with E-state index in [-0.39, 0.29) is 5.97 Å². The van der Waals surface area contributed by atoms with Crippen LogP contribution in [0.2, 0.25) is 0 Å². The lowest BCUT2D eigenvalue weighted by atomic mass is 9.84. The standard InChI is InChI=1S/C27H27NO2/c1-20(29)30-27(16-8-3-9-17-27)19-28-25-15-14-21-10-6-7-13-23(21)24(25)18-26(28)22-11-4-2-5-12-22/h2,4-7,10-15,18H,3,8-9,16-17,19H2,1H3. The second-order valence-corrected chi connectivity index (χ2v) is 8.54. The molecule has 0 amide bonds.